The highest BCUT2D eigenvalue weighted by Crippen LogP contribution is 2.29. The van der Waals surface area contributed by atoms with Crippen LogP contribution in [0.15, 0.2) is 55.1 Å². The molecule has 0 unspecified atom stereocenters. The van der Waals surface area contributed by atoms with E-state index in [1.54, 1.807) is 12.1 Å². The molecule has 5 heteroatoms. The summed E-state index contributed by atoms with van der Waals surface area (Å²) in [4.78, 5) is 10.2. The zero-order chi connectivity index (χ0) is 14.5. The number of nitro groups is 1. The summed E-state index contributed by atoms with van der Waals surface area (Å²) in [6.07, 6.45) is 0. The highest BCUT2D eigenvalue weighted by atomic mass is 35.5. The second kappa shape index (κ2) is 6.21. The van der Waals surface area contributed by atoms with E-state index in [4.69, 9.17) is 16.3 Å². The zero-order valence-corrected chi connectivity index (χ0v) is 11.3. The number of benzene rings is 2. The number of halogens is 1. The Balaban J connectivity index is 2.17. The van der Waals surface area contributed by atoms with Gasteiger partial charge in [0.05, 0.1) is 15.5 Å². The molecule has 20 heavy (non-hydrogen) atoms. The fraction of sp³-hybridized carbons (Fsp3) is 0.0667. The molecule has 0 saturated carbocycles. The molecule has 2 aromatic rings. The molecule has 0 radical (unpaired) electrons. The van der Waals surface area contributed by atoms with Gasteiger partial charge in [-0.3, -0.25) is 10.1 Å². The van der Waals surface area contributed by atoms with Crippen LogP contribution < -0.4 is 4.74 Å². The fourth-order valence-corrected chi connectivity index (χ4v) is 1.81. The van der Waals surface area contributed by atoms with Crippen molar-refractivity contribution in [3.8, 4) is 5.75 Å². The summed E-state index contributed by atoms with van der Waals surface area (Å²) in [5.41, 5.74) is 1.18. The lowest BCUT2D eigenvalue weighted by Crippen LogP contribution is -1.99. The summed E-state index contributed by atoms with van der Waals surface area (Å²) < 4.78 is 5.60. The summed E-state index contributed by atoms with van der Waals surface area (Å²) in [5.74, 6) is 0.399. The first-order valence-electron chi connectivity index (χ1n) is 5.88. The maximum absolute atomic E-state index is 10.7. The molecule has 0 aliphatic carbocycles. The Morgan fingerprint density at radius 2 is 1.95 bits per heavy atom. The van der Waals surface area contributed by atoms with E-state index >= 15 is 0 Å². The van der Waals surface area contributed by atoms with Crippen molar-refractivity contribution in [2.24, 2.45) is 0 Å². The lowest BCUT2D eigenvalue weighted by molar-refractivity contribution is -0.375. The first kappa shape index (κ1) is 14.1. The lowest BCUT2D eigenvalue weighted by atomic mass is 10.1. The molecule has 0 spiro atoms. The first-order valence-corrected chi connectivity index (χ1v) is 6.25. The molecular weight excluding hydrogens is 278 g/mol. The number of nitrogens with zero attached hydrogens (tertiary/aromatic N) is 1. The highest BCUT2D eigenvalue weighted by molar-refractivity contribution is 6.32. The lowest BCUT2D eigenvalue weighted by Gasteiger charge is -2.09. The van der Waals surface area contributed by atoms with Crippen LogP contribution in [-0.2, 0) is 6.61 Å². The second-order valence-electron chi connectivity index (χ2n) is 4.12. The molecule has 2 aromatic carbocycles. The standard InChI is InChI=1S/C15H12ClNO3/c1-11(17(18)19)13-7-8-14(16)15(9-13)20-10-12-5-3-2-4-6-12/h2-9H,1,10H2. The van der Waals surface area contributed by atoms with Crippen LogP contribution in [0.2, 0.25) is 5.02 Å². The van der Waals surface area contributed by atoms with Gasteiger partial charge in [0.1, 0.15) is 12.4 Å². The van der Waals surface area contributed by atoms with Crippen LogP contribution in [0.25, 0.3) is 5.70 Å². The number of rotatable bonds is 5. The van der Waals surface area contributed by atoms with Crippen LogP contribution in [0.4, 0.5) is 0 Å². The van der Waals surface area contributed by atoms with Gasteiger partial charge < -0.3 is 4.74 Å². The van der Waals surface area contributed by atoms with Crippen molar-refractivity contribution < 1.29 is 9.66 Å². The quantitative estimate of drug-likeness (QED) is 0.613. The van der Waals surface area contributed by atoms with Crippen LogP contribution >= 0.6 is 11.6 Å². The smallest absolute Gasteiger partial charge is 0.269 e. The summed E-state index contributed by atoms with van der Waals surface area (Å²) in [6.45, 7) is 3.76. The van der Waals surface area contributed by atoms with Gasteiger partial charge in [0.15, 0.2) is 0 Å². The summed E-state index contributed by atoms with van der Waals surface area (Å²) >= 11 is 6.02. The minimum Gasteiger partial charge on any atom is -0.487 e. The SMILES string of the molecule is C=C(c1ccc(Cl)c(OCc2ccccc2)c1)[N+](=O)[O-]. The average molecular weight is 290 g/mol. The first-order chi connectivity index (χ1) is 9.58. The average Bonchev–Trinajstić information content (AvgIpc) is 2.46. The second-order valence-corrected chi connectivity index (χ2v) is 4.53. The number of ether oxygens (including phenoxy) is 1. The van der Waals surface area contributed by atoms with Crippen molar-refractivity contribution >= 4 is 17.3 Å². The molecule has 0 heterocycles. The van der Waals surface area contributed by atoms with E-state index in [0.29, 0.717) is 22.9 Å². The maximum Gasteiger partial charge on any atom is 0.269 e. The zero-order valence-electron chi connectivity index (χ0n) is 10.6. The summed E-state index contributed by atoms with van der Waals surface area (Å²) in [5, 5.41) is 11.1. The van der Waals surface area contributed by atoms with Crippen LogP contribution in [0.1, 0.15) is 11.1 Å². The Morgan fingerprint density at radius 1 is 1.25 bits per heavy atom. The van der Waals surface area contributed by atoms with Crippen molar-refractivity contribution in [1.82, 2.24) is 0 Å². The Morgan fingerprint density at radius 3 is 2.60 bits per heavy atom. The van der Waals surface area contributed by atoms with E-state index in [-0.39, 0.29) is 5.70 Å². The molecule has 0 atom stereocenters. The number of hydrogen-bond donors (Lipinski definition) is 0. The van der Waals surface area contributed by atoms with Crippen LogP contribution in [-0.4, -0.2) is 4.92 Å². The maximum atomic E-state index is 10.7. The van der Waals surface area contributed by atoms with Crippen molar-refractivity contribution in [3.63, 3.8) is 0 Å². The minimum atomic E-state index is -0.537. The summed E-state index contributed by atoms with van der Waals surface area (Å²) in [7, 11) is 0. The van der Waals surface area contributed by atoms with E-state index in [1.807, 2.05) is 30.3 Å². The van der Waals surface area contributed by atoms with Crippen LogP contribution in [0.5, 0.6) is 5.75 Å². The molecular formula is C15H12ClNO3. The molecule has 0 saturated heterocycles. The fourth-order valence-electron chi connectivity index (χ4n) is 1.63. The van der Waals surface area contributed by atoms with Crippen molar-refractivity contribution in [3.05, 3.63) is 81.4 Å². The van der Waals surface area contributed by atoms with E-state index in [9.17, 15) is 10.1 Å². The van der Waals surface area contributed by atoms with E-state index in [2.05, 4.69) is 6.58 Å². The van der Waals surface area contributed by atoms with Crippen molar-refractivity contribution in [2.75, 3.05) is 0 Å². The van der Waals surface area contributed by atoms with Crippen molar-refractivity contribution in [1.29, 1.82) is 0 Å². The largest absolute Gasteiger partial charge is 0.487 e. The predicted octanol–water partition coefficient (Wildman–Crippen LogP) is 4.17. The van der Waals surface area contributed by atoms with E-state index in [1.165, 1.54) is 6.07 Å². The van der Waals surface area contributed by atoms with Gasteiger partial charge in [-0.05, 0) is 30.3 Å². The predicted molar refractivity (Wildman–Crippen MR) is 78.3 cm³/mol. The molecule has 0 aliphatic rings. The topological polar surface area (TPSA) is 52.4 Å². The number of hydrogen-bond acceptors (Lipinski definition) is 3. The third kappa shape index (κ3) is 3.36. The van der Waals surface area contributed by atoms with Gasteiger partial charge in [0.25, 0.3) is 5.70 Å². The Bertz CT molecular complexity index is 641. The molecule has 0 aliphatic heterocycles. The third-order valence-electron chi connectivity index (χ3n) is 2.72. The van der Waals surface area contributed by atoms with Crippen LogP contribution in [0.3, 0.4) is 0 Å². The molecule has 0 aromatic heterocycles. The Hall–Kier alpha value is -2.33. The normalized spacial score (nSPS) is 10.1. The van der Waals surface area contributed by atoms with Gasteiger partial charge in [0, 0.05) is 0 Å². The van der Waals surface area contributed by atoms with Gasteiger partial charge in [-0.2, -0.15) is 0 Å². The molecule has 4 nitrogen and oxygen atoms in total. The molecule has 0 amide bonds. The Labute approximate surface area is 121 Å². The van der Waals surface area contributed by atoms with Gasteiger partial charge >= 0.3 is 0 Å². The third-order valence-corrected chi connectivity index (χ3v) is 3.03. The van der Waals surface area contributed by atoms with Gasteiger partial charge in [-0.1, -0.05) is 41.9 Å². The molecule has 2 rings (SSSR count). The Kier molecular flexibility index (Phi) is 4.38. The molecule has 0 N–H and O–H groups in total. The highest BCUT2D eigenvalue weighted by Gasteiger charge is 2.13. The van der Waals surface area contributed by atoms with Crippen LogP contribution in [0, 0.1) is 10.1 Å². The minimum absolute atomic E-state index is 0.189. The molecule has 0 bridgehead atoms. The van der Waals surface area contributed by atoms with Gasteiger partial charge in [-0.25, -0.2) is 0 Å². The monoisotopic (exact) mass is 289 g/mol. The van der Waals surface area contributed by atoms with Crippen molar-refractivity contribution in [2.45, 2.75) is 6.61 Å². The van der Waals surface area contributed by atoms with Gasteiger partial charge in [0.2, 0.25) is 0 Å². The molecule has 102 valence electrons. The van der Waals surface area contributed by atoms with E-state index in [0.717, 1.165) is 5.56 Å². The van der Waals surface area contributed by atoms with Gasteiger partial charge in [-0.15, -0.1) is 0 Å². The van der Waals surface area contributed by atoms with E-state index < -0.39 is 4.92 Å². The molecule has 0 fully saturated rings. The summed E-state index contributed by atoms with van der Waals surface area (Å²) in [6, 6.07) is 14.2.